The molecule has 3 rings (SSSR count). The van der Waals surface area contributed by atoms with Crippen LogP contribution in [0.15, 0.2) is 24.3 Å². The first kappa shape index (κ1) is 14.7. The third-order valence-electron chi connectivity index (χ3n) is 4.25. The molecule has 2 aliphatic heterocycles. The van der Waals surface area contributed by atoms with E-state index in [1.165, 1.54) is 4.90 Å². The van der Waals surface area contributed by atoms with Gasteiger partial charge in [-0.15, -0.1) is 0 Å². The van der Waals surface area contributed by atoms with Crippen molar-refractivity contribution in [2.75, 3.05) is 26.2 Å². The van der Waals surface area contributed by atoms with Crippen molar-refractivity contribution in [3.05, 3.63) is 35.4 Å². The second kappa shape index (κ2) is 5.88. The number of hydrogen-bond donors (Lipinski definition) is 1. The molecule has 6 heteroatoms. The van der Waals surface area contributed by atoms with Crippen LogP contribution in [-0.4, -0.2) is 59.7 Å². The summed E-state index contributed by atoms with van der Waals surface area (Å²) in [5, 5.41) is 3.23. The van der Waals surface area contributed by atoms with Gasteiger partial charge in [-0.2, -0.15) is 0 Å². The van der Waals surface area contributed by atoms with Crippen molar-refractivity contribution in [2.45, 2.75) is 19.4 Å². The zero-order chi connectivity index (χ0) is 15.7. The number of nitrogens with one attached hydrogen (secondary N) is 1. The predicted octanol–water partition coefficient (Wildman–Crippen LogP) is 0.493. The smallest absolute Gasteiger partial charge is 0.261 e. The molecule has 0 spiro atoms. The molecular weight excluding hydrogens is 282 g/mol. The van der Waals surface area contributed by atoms with Gasteiger partial charge in [-0.25, -0.2) is 0 Å². The molecule has 1 aromatic carbocycles. The van der Waals surface area contributed by atoms with Crippen LogP contribution in [0.4, 0.5) is 0 Å². The van der Waals surface area contributed by atoms with Crippen molar-refractivity contribution in [2.24, 2.45) is 0 Å². The minimum absolute atomic E-state index is 0.00874. The SMILES string of the molecule is C[C@@H]1CNCCN1C(=O)CCN1C(=O)c2ccccc2C1=O. The molecule has 3 amide bonds. The molecule has 2 heterocycles. The summed E-state index contributed by atoms with van der Waals surface area (Å²) >= 11 is 0. The highest BCUT2D eigenvalue weighted by atomic mass is 16.2. The summed E-state index contributed by atoms with van der Waals surface area (Å²) in [6.45, 7) is 4.36. The number of carbonyl (C=O) groups is 3. The molecule has 6 nitrogen and oxygen atoms in total. The van der Waals surface area contributed by atoms with Crippen molar-refractivity contribution in [1.29, 1.82) is 0 Å². The minimum Gasteiger partial charge on any atom is -0.337 e. The maximum absolute atomic E-state index is 12.3. The Balaban J connectivity index is 1.64. The fraction of sp³-hybridized carbons (Fsp3) is 0.438. The molecule has 0 bridgehead atoms. The number of benzene rings is 1. The van der Waals surface area contributed by atoms with Crippen molar-refractivity contribution >= 4 is 17.7 Å². The van der Waals surface area contributed by atoms with Crippen LogP contribution in [0.3, 0.4) is 0 Å². The normalized spacial score (nSPS) is 21.2. The first-order valence-electron chi connectivity index (χ1n) is 7.55. The van der Waals surface area contributed by atoms with Crippen LogP contribution in [0, 0.1) is 0 Å². The number of fused-ring (bicyclic) bond motifs is 1. The predicted molar refractivity (Wildman–Crippen MR) is 80.5 cm³/mol. The van der Waals surface area contributed by atoms with E-state index in [4.69, 9.17) is 0 Å². The number of amides is 3. The van der Waals surface area contributed by atoms with Crippen LogP contribution in [0.1, 0.15) is 34.1 Å². The summed E-state index contributed by atoms with van der Waals surface area (Å²) in [5.74, 6) is -0.617. The van der Waals surface area contributed by atoms with E-state index in [0.29, 0.717) is 17.7 Å². The monoisotopic (exact) mass is 301 g/mol. The van der Waals surface area contributed by atoms with Crippen LogP contribution in [0.5, 0.6) is 0 Å². The zero-order valence-corrected chi connectivity index (χ0v) is 12.5. The number of imide groups is 1. The Morgan fingerprint density at radius 1 is 1.23 bits per heavy atom. The number of hydrogen-bond acceptors (Lipinski definition) is 4. The highest BCUT2D eigenvalue weighted by Gasteiger charge is 2.35. The van der Waals surface area contributed by atoms with Gasteiger partial charge in [-0.1, -0.05) is 12.1 Å². The molecule has 1 saturated heterocycles. The lowest BCUT2D eigenvalue weighted by Gasteiger charge is -2.34. The van der Waals surface area contributed by atoms with Gasteiger partial charge < -0.3 is 10.2 Å². The van der Waals surface area contributed by atoms with E-state index in [1.807, 2.05) is 11.8 Å². The number of rotatable bonds is 3. The molecule has 1 N–H and O–H groups in total. The van der Waals surface area contributed by atoms with Crippen LogP contribution in [-0.2, 0) is 4.79 Å². The molecule has 0 saturated carbocycles. The van der Waals surface area contributed by atoms with Crippen molar-refractivity contribution in [3.8, 4) is 0 Å². The molecule has 0 aromatic heterocycles. The van der Waals surface area contributed by atoms with Crippen LogP contribution < -0.4 is 5.32 Å². The van der Waals surface area contributed by atoms with E-state index in [1.54, 1.807) is 24.3 Å². The average Bonchev–Trinajstić information content (AvgIpc) is 2.77. The van der Waals surface area contributed by atoms with E-state index in [0.717, 1.165) is 13.1 Å². The van der Waals surface area contributed by atoms with Gasteiger partial charge in [0.15, 0.2) is 0 Å². The molecule has 1 fully saturated rings. The van der Waals surface area contributed by atoms with Crippen molar-refractivity contribution in [1.82, 2.24) is 15.1 Å². The van der Waals surface area contributed by atoms with E-state index < -0.39 is 0 Å². The van der Waals surface area contributed by atoms with E-state index >= 15 is 0 Å². The Morgan fingerprint density at radius 3 is 2.45 bits per heavy atom. The molecule has 116 valence electrons. The van der Waals surface area contributed by atoms with Crippen molar-refractivity contribution in [3.63, 3.8) is 0 Å². The maximum Gasteiger partial charge on any atom is 0.261 e. The number of carbonyl (C=O) groups excluding carboxylic acids is 3. The fourth-order valence-electron chi connectivity index (χ4n) is 3.00. The lowest BCUT2D eigenvalue weighted by Crippen LogP contribution is -2.52. The van der Waals surface area contributed by atoms with Gasteiger partial charge in [-0.3, -0.25) is 19.3 Å². The maximum atomic E-state index is 12.3. The summed E-state index contributed by atoms with van der Waals surface area (Å²) < 4.78 is 0. The quantitative estimate of drug-likeness (QED) is 0.825. The van der Waals surface area contributed by atoms with E-state index in [2.05, 4.69) is 5.32 Å². The Kier molecular flexibility index (Phi) is 3.94. The average molecular weight is 301 g/mol. The van der Waals surface area contributed by atoms with E-state index in [9.17, 15) is 14.4 Å². The summed E-state index contributed by atoms with van der Waals surface area (Å²) in [4.78, 5) is 39.8. The standard InChI is InChI=1S/C16H19N3O3/c1-11-10-17-7-9-18(11)14(20)6-8-19-15(21)12-4-2-3-5-13(12)16(19)22/h2-5,11,17H,6-10H2,1H3/t11-/m1/s1. The Hall–Kier alpha value is -2.21. The molecule has 1 atom stereocenters. The third-order valence-corrected chi connectivity index (χ3v) is 4.25. The highest BCUT2D eigenvalue weighted by Crippen LogP contribution is 2.22. The lowest BCUT2D eigenvalue weighted by molar-refractivity contribution is -0.134. The largest absolute Gasteiger partial charge is 0.337 e. The van der Waals surface area contributed by atoms with Gasteiger partial charge in [-0.05, 0) is 19.1 Å². The van der Waals surface area contributed by atoms with E-state index in [-0.39, 0.29) is 36.7 Å². The first-order chi connectivity index (χ1) is 10.6. The van der Waals surface area contributed by atoms with Gasteiger partial charge in [0.25, 0.3) is 11.8 Å². The van der Waals surface area contributed by atoms with Gasteiger partial charge in [0.05, 0.1) is 11.1 Å². The molecule has 0 radical (unpaired) electrons. The van der Waals surface area contributed by atoms with Gasteiger partial charge in [0.1, 0.15) is 0 Å². The molecule has 0 unspecified atom stereocenters. The van der Waals surface area contributed by atoms with Gasteiger partial charge in [0.2, 0.25) is 5.91 Å². The molecule has 0 aliphatic carbocycles. The van der Waals surface area contributed by atoms with Crippen LogP contribution >= 0.6 is 0 Å². The fourth-order valence-corrected chi connectivity index (χ4v) is 3.00. The molecule has 2 aliphatic rings. The minimum atomic E-state index is -0.304. The number of piperazine rings is 1. The summed E-state index contributed by atoms with van der Waals surface area (Å²) in [7, 11) is 0. The van der Waals surface area contributed by atoms with Gasteiger partial charge in [0, 0.05) is 38.6 Å². The van der Waals surface area contributed by atoms with Crippen LogP contribution in [0.2, 0.25) is 0 Å². The highest BCUT2D eigenvalue weighted by molar-refractivity contribution is 6.21. The Morgan fingerprint density at radius 2 is 1.86 bits per heavy atom. The Labute approximate surface area is 129 Å². The summed E-state index contributed by atoms with van der Waals surface area (Å²) in [5.41, 5.74) is 0.853. The first-order valence-corrected chi connectivity index (χ1v) is 7.55. The zero-order valence-electron chi connectivity index (χ0n) is 12.5. The van der Waals surface area contributed by atoms with Crippen LogP contribution in [0.25, 0.3) is 0 Å². The summed E-state index contributed by atoms with van der Waals surface area (Å²) in [6, 6.07) is 6.91. The summed E-state index contributed by atoms with van der Waals surface area (Å²) in [6.07, 6.45) is 0.176. The van der Waals surface area contributed by atoms with Gasteiger partial charge >= 0.3 is 0 Å². The second-order valence-electron chi connectivity index (χ2n) is 5.70. The molecule has 1 aromatic rings. The molecule has 22 heavy (non-hydrogen) atoms. The lowest BCUT2D eigenvalue weighted by atomic mass is 10.1. The number of nitrogens with zero attached hydrogens (tertiary/aromatic N) is 2. The van der Waals surface area contributed by atoms with Crippen molar-refractivity contribution < 1.29 is 14.4 Å². The second-order valence-corrected chi connectivity index (χ2v) is 5.70. The Bertz CT molecular complexity index is 594. The topological polar surface area (TPSA) is 69.7 Å². The molecular formula is C16H19N3O3. The third kappa shape index (κ3) is 2.50.